The van der Waals surface area contributed by atoms with Crippen molar-refractivity contribution in [1.29, 1.82) is 0 Å². The number of hydrogen-bond donors (Lipinski definition) is 1. The van der Waals surface area contributed by atoms with E-state index in [4.69, 9.17) is 4.74 Å². The summed E-state index contributed by atoms with van der Waals surface area (Å²) >= 11 is 1.65. The van der Waals surface area contributed by atoms with Crippen LogP contribution in [0.25, 0.3) is 10.6 Å². The Balaban J connectivity index is 1.83. The van der Waals surface area contributed by atoms with E-state index in [0.717, 1.165) is 29.4 Å². The summed E-state index contributed by atoms with van der Waals surface area (Å²) in [5, 5.41) is 6.51. The van der Waals surface area contributed by atoms with Crippen LogP contribution in [0.4, 0.5) is 0 Å². The van der Waals surface area contributed by atoms with Crippen LogP contribution < -0.4 is 5.32 Å². The van der Waals surface area contributed by atoms with Crippen molar-refractivity contribution in [2.24, 2.45) is 0 Å². The molecule has 0 aromatic carbocycles. The molecule has 1 N–H and O–H groups in total. The van der Waals surface area contributed by atoms with E-state index in [1.807, 2.05) is 18.3 Å². The van der Waals surface area contributed by atoms with Crippen LogP contribution in [0.3, 0.4) is 0 Å². The molecule has 5 heteroatoms. The van der Waals surface area contributed by atoms with Gasteiger partial charge in [0.2, 0.25) is 0 Å². The number of nitrogens with zero attached hydrogens (tertiary/aromatic N) is 2. The molecule has 2 aromatic heterocycles. The monoisotopic (exact) mass is 247 g/mol. The van der Waals surface area contributed by atoms with Gasteiger partial charge < -0.3 is 10.1 Å². The van der Waals surface area contributed by atoms with Gasteiger partial charge in [0.1, 0.15) is 5.01 Å². The Labute approximate surface area is 104 Å². The number of ether oxygens (including phenoxy) is 1. The predicted octanol–water partition coefficient (Wildman–Crippen LogP) is 1.87. The zero-order chi connectivity index (χ0) is 11.5. The van der Waals surface area contributed by atoms with Gasteiger partial charge in [-0.1, -0.05) is 0 Å². The normalized spacial score (nSPS) is 20.4. The summed E-state index contributed by atoms with van der Waals surface area (Å²) in [6.45, 7) is 2.39. The van der Waals surface area contributed by atoms with Crippen molar-refractivity contribution < 1.29 is 4.74 Å². The average molecular weight is 247 g/mol. The molecular formula is C12H13N3OS. The van der Waals surface area contributed by atoms with Gasteiger partial charge in [-0.3, -0.25) is 4.98 Å². The maximum atomic E-state index is 5.44. The number of thiazole rings is 1. The quantitative estimate of drug-likeness (QED) is 0.880. The Morgan fingerprint density at radius 1 is 1.47 bits per heavy atom. The summed E-state index contributed by atoms with van der Waals surface area (Å²) in [5.41, 5.74) is 2.13. The molecule has 0 bridgehead atoms. The van der Waals surface area contributed by atoms with Crippen LogP contribution >= 0.6 is 11.3 Å². The second kappa shape index (κ2) is 4.91. The molecule has 1 aliphatic heterocycles. The van der Waals surface area contributed by atoms with E-state index in [-0.39, 0.29) is 6.04 Å². The third kappa shape index (κ3) is 2.36. The maximum absolute atomic E-state index is 5.44. The van der Waals surface area contributed by atoms with Gasteiger partial charge in [-0.25, -0.2) is 4.98 Å². The third-order valence-electron chi connectivity index (χ3n) is 2.71. The minimum atomic E-state index is 0.227. The molecule has 4 nitrogen and oxygen atoms in total. The Hall–Kier alpha value is -1.30. The second-order valence-corrected chi connectivity index (χ2v) is 4.76. The van der Waals surface area contributed by atoms with E-state index in [1.54, 1.807) is 17.5 Å². The standard InChI is InChI=1S/C12H13N3OS/c1-2-9(6-13-3-1)12-15-11(8-17-12)10-7-16-5-4-14-10/h1-3,6,8,10,14H,4-5,7H2. The lowest BCUT2D eigenvalue weighted by molar-refractivity contribution is 0.0758. The fraction of sp³-hybridized carbons (Fsp3) is 0.333. The number of hydrogen-bond acceptors (Lipinski definition) is 5. The highest BCUT2D eigenvalue weighted by Crippen LogP contribution is 2.26. The largest absolute Gasteiger partial charge is 0.378 e. The van der Waals surface area contributed by atoms with Crippen molar-refractivity contribution >= 4 is 11.3 Å². The van der Waals surface area contributed by atoms with Crippen LogP contribution in [0.5, 0.6) is 0 Å². The Morgan fingerprint density at radius 3 is 3.24 bits per heavy atom. The van der Waals surface area contributed by atoms with Crippen molar-refractivity contribution in [2.45, 2.75) is 6.04 Å². The summed E-state index contributed by atoms with van der Waals surface area (Å²) in [4.78, 5) is 8.75. The van der Waals surface area contributed by atoms with Gasteiger partial charge in [-0.2, -0.15) is 0 Å². The summed E-state index contributed by atoms with van der Waals surface area (Å²) in [7, 11) is 0. The maximum Gasteiger partial charge on any atom is 0.125 e. The molecular weight excluding hydrogens is 234 g/mol. The van der Waals surface area contributed by atoms with Crippen molar-refractivity contribution in [1.82, 2.24) is 15.3 Å². The van der Waals surface area contributed by atoms with Gasteiger partial charge in [-0.05, 0) is 12.1 Å². The highest BCUT2D eigenvalue weighted by molar-refractivity contribution is 7.13. The first-order valence-corrected chi connectivity index (χ1v) is 6.48. The molecule has 0 spiro atoms. The number of morpholine rings is 1. The van der Waals surface area contributed by atoms with E-state index in [0.29, 0.717) is 6.61 Å². The Bertz CT molecular complexity index is 480. The fourth-order valence-electron chi connectivity index (χ4n) is 1.82. The van der Waals surface area contributed by atoms with Crippen LogP contribution in [0.15, 0.2) is 29.9 Å². The second-order valence-electron chi connectivity index (χ2n) is 3.90. The highest BCUT2D eigenvalue weighted by atomic mass is 32.1. The molecule has 1 atom stereocenters. The number of pyridine rings is 1. The van der Waals surface area contributed by atoms with Crippen LogP contribution in [-0.2, 0) is 4.74 Å². The van der Waals surface area contributed by atoms with E-state index >= 15 is 0 Å². The van der Waals surface area contributed by atoms with Gasteiger partial charge >= 0.3 is 0 Å². The molecule has 1 aliphatic rings. The van der Waals surface area contributed by atoms with Crippen LogP contribution in [0.1, 0.15) is 11.7 Å². The van der Waals surface area contributed by atoms with E-state index in [1.165, 1.54) is 0 Å². The van der Waals surface area contributed by atoms with Crippen molar-refractivity contribution in [2.75, 3.05) is 19.8 Å². The van der Waals surface area contributed by atoms with Crippen molar-refractivity contribution in [3.8, 4) is 10.6 Å². The molecule has 1 fully saturated rings. The molecule has 3 heterocycles. The van der Waals surface area contributed by atoms with Crippen LogP contribution in [0.2, 0.25) is 0 Å². The molecule has 0 radical (unpaired) electrons. The molecule has 1 saturated heterocycles. The molecule has 17 heavy (non-hydrogen) atoms. The fourth-order valence-corrected chi connectivity index (χ4v) is 2.69. The van der Waals surface area contributed by atoms with Gasteiger partial charge in [0.05, 0.1) is 24.9 Å². The van der Waals surface area contributed by atoms with E-state index in [9.17, 15) is 0 Å². The zero-order valence-electron chi connectivity index (χ0n) is 9.30. The first-order valence-electron chi connectivity index (χ1n) is 5.60. The lowest BCUT2D eigenvalue weighted by Crippen LogP contribution is -2.34. The molecule has 88 valence electrons. The first-order chi connectivity index (χ1) is 8.43. The van der Waals surface area contributed by atoms with Gasteiger partial charge in [0, 0.05) is 29.9 Å². The third-order valence-corrected chi connectivity index (χ3v) is 3.62. The minimum absolute atomic E-state index is 0.227. The number of nitrogens with one attached hydrogen (secondary N) is 1. The lowest BCUT2D eigenvalue weighted by Gasteiger charge is -2.21. The molecule has 0 saturated carbocycles. The predicted molar refractivity (Wildman–Crippen MR) is 66.9 cm³/mol. The number of aromatic nitrogens is 2. The lowest BCUT2D eigenvalue weighted by atomic mass is 10.2. The Kier molecular flexibility index (Phi) is 3.13. The molecule has 0 amide bonds. The highest BCUT2D eigenvalue weighted by Gasteiger charge is 2.18. The molecule has 0 aliphatic carbocycles. The first kappa shape index (κ1) is 10.8. The average Bonchev–Trinajstić information content (AvgIpc) is 2.90. The van der Waals surface area contributed by atoms with E-state index < -0.39 is 0 Å². The minimum Gasteiger partial charge on any atom is -0.378 e. The summed E-state index contributed by atoms with van der Waals surface area (Å²) in [6, 6.07) is 4.18. The summed E-state index contributed by atoms with van der Waals surface area (Å²) in [5.74, 6) is 0. The van der Waals surface area contributed by atoms with Gasteiger partial charge in [-0.15, -0.1) is 11.3 Å². The number of rotatable bonds is 2. The molecule has 2 aromatic rings. The van der Waals surface area contributed by atoms with Crippen LogP contribution in [0, 0.1) is 0 Å². The molecule has 1 unspecified atom stereocenters. The van der Waals surface area contributed by atoms with Gasteiger partial charge in [0.25, 0.3) is 0 Å². The topological polar surface area (TPSA) is 47.0 Å². The van der Waals surface area contributed by atoms with Crippen LogP contribution in [-0.4, -0.2) is 29.7 Å². The van der Waals surface area contributed by atoms with Crippen molar-refractivity contribution in [3.05, 3.63) is 35.6 Å². The SMILES string of the molecule is c1cncc(-c2nc(C3COCCN3)cs2)c1. The zero-order valence-corrected chi connectivity index (χ0v) is 10.1. The summed E-state index contributed by atoms with van der Waals surface area (Å²) < 4.78 is 5.44. The van der Waals surface area contributed by atoms with E-state index in [2.05, 4.69) is 20.7 Å². The molecule has 3 rings (SSSR count). The smallest absolute Gasteiger partial charge is 0.125 e. The van der Waals surface area contributed by atoms with Gasteiger partial charge in [0.15, 0.2) is 0 Å². The summed E-state index contributed by atoms with van der Waals surface area (Å²) in [6.07, 6.45) is 3.61. The Morgan fingerprint density at radius 2 is 2.47 bits per heavy atom. The van der Waals surface area contributed by atoms with Crippen molar-refractivity contribution in [3.63, 3.8) is 0 Å².